The van der Waals surface area contributed by atoms with Crippen molar-refractivity contribution in [2.75, 3.05) is 0 Å². The first-order valence-electron chi connectivity index (χ1n) is 10.7. The van der Waals surface area contributed by atoms with E-state index in [0.717, 1.165) is 25.0 Å². The highest BCUT2D eigenvalue weighted by Crippen LogP contribution is 2.52. The molecule has 29 heavy (non-hydrogen) atoms. The second-order valence-corrected chi connectivity index (χ2v) is 9.79. The molecular weight excluding hydrogens is 356 g/mol. The minimum absolute atomic E-state index is 0.134. The van der Waals surface area contributed by atoms with Crippen molar-refractivity contribution in [3.05, 3.63) is 83.5 Å². The van der Waals surface area contributed by atoms with Gasteiger partial charge >= 0.3 is 0 Å². The normalized spacial score (nSPS) is 26.2. The Hall–Kier alpha value is -2.48. The molecule has 2 aliphatic carbocycles. The van der Waals surface area contributed by atoms with Crippen LogP contribution in [0.4, 0.5) is 0 Å². The quantitative estimate of drug-likeness (QED) is 0.627. The molecule has 0 saturated carbocycles. The zero-order chi connectivity index (χ0) is 20.6. The number of ether oxygens (including phenoxy) is 1. The lowest BCUT2D eigenvalue weighted by atomic mass is 9.59. The number of allylic oxidation sites excluding steroid dienone is 4. The van der Waals surface area contributed by atoms with Crippen LogP contribution in [-0.2, 0) is 6.42 Å². The smallest absolute Gasteiger partial charge is 0.120 e. The van der Waals surface area contributed by atoms with Gasteiger partial charge in [0.1, 0.15) is 17.1 Å². The first-order chi connectivity index (χ1) is 13.8. The maximum atomic E-state index is 9.82. The number of phenols is 1. The van der Waals surface area contributed by atoms with E-state index in [4.69, 9.17) is 4.74 Å². The van der Waals surface area contributed by atoms with Crippen LogP contribution >= 0.6 is 0 Å². The van der Waals surface area contributed by atoms with Gasteiger partial charge in [-0.3, -0.25) is 0 Å². The monoisotopic (exact) mass is 388 g/mol. The predicted molar refractivity (Wildman–Crippen MR) is 120 cm³/mol. The summed E-state index contributed by atoms with van der Waals surface area (Å²) in [6.07, 6.45) is 12.3. The molecule has 0 amide bonds. The van der Waals surface area contributed by atoms with E-state index in [1.54, 1.807) is 0 Å². The zero-order valence-corrected chi connectivity index (χ0v) is 18.0. The summed E-state index contributed by atoms with van der Waals surface area (Å²) in [5.74, 6) is 2.09. The van der Waals surface area contributed by atoms with Gasteiger partial charge in [-0.15, -0.1) is 0 Å². The van der Waals surface area contributed by atoms with Crippen molar-refractivity contribution in [3.8, 4) is 11.5 Å². The molecule has 2 nitrogen and oxygen atoms in total. The van der Waals surface area contributed by atoms with Gasteiger partial charge in [-0.25, -0.2) is 0 Å². The number of hydrogen-bond acceptors (Lipinski definition) is 2. The molecule has 152 valence electrons. The highest BCUT2D eigenvalue weighted by Gasteiger charge is 2.41. The first-order valence-corrected chi connectivity index (χ1v) is 10.7. The summed E-state index contributed by atoms with van der Waals surface area (Å²) in [5, 5.41) is 9.82. The molecule has 1 N–H and O–H groups in total. The molecule has 2 heteroatoms. The van der Waals surface area contributed by atoms with Crippen LogP contribution in [0.5, 0.6) is 11.5 Å². The topological polar surface area (TPSA) is 29.5 Å². The van der Waals surface area contributed by atoms with Crippen LogP contribution in [0.3, 0.4) is 0 Å². The number of hydrogen-bond donors (Lipinski definition) is 1. The van der Waals surface area contributed by atoms with E-state index >= 15 is 0 Å². The maximum Gasteiger partial charge on any atom is 0.120 e. The van der Waals surface area contributed by atoms with Crippen molar-refractivity contribution < 1.29 is 9.84 Å². The lowest BCUT2D eigenvalue weighted by molar-refractivity contribution is 0.130. The van der Waals surface area contributed by atoms with Gasteiger partial charge in [0.05, 0.1) is 0 Å². The summed E-state index contributed by atoms with van der Waals surface area (Å²) in [4.78, 5) is 0. The van der Waals surface area contributed by atoms with Crippen molar-refractivity contribution in [2.45, 2.75) is 58.5 Å². The van der Waals surface area contributed by atoms with Crippen molar-refractivity contribution in [1.82, 2.24) is 0 Å². The lowest BCUT2D eigenvalue weighted by Gasteiger charge is -2.45. The fourth-order valence-corrected chi connectivity index (χ4v) is 5.04. The van der Waals surface area contributed by atoms with Gasteiger partial charge in [0.25, 0.3) is 0 Å². The molecule has 2 aromatic rings. The minimum atomic E-state index is -0.200. The fraction of sp³-hybridized carbons (Fsp3) is 0.407. The zero-order valence-electron chi connectivity index (χ0n) is 18.0. The van der Waals surface area contributed by atoms with Crippen LogP contribution in [-0.4, -0.2) is 10.7 Å². The van der Waals surface area contributed by atoms with Crippen LogP contribution in [0.25, 0.3) is 0 Å². The summed E-state index contributed by atoms with van der Waals surface area (Å²) in [5.41, 5.74) is 4.00. The highest BCUT2D eigenvalue weighted by molar-refractivity contribution is 5.46. The van der Waals surface area contributed by atoms with Crippen LogP contribution in [0, 0.1) is 11.3 Å². The van der Waals surface area contributed by atoms with Crippen LogP contribution < -0.4 is 4.74 Å². The van der Waals surface area contributed by atoms with E-state index in [1.807, 2.05) is 12.1 Å². The van der Waals surface area contributed by atoms with Crippen molar-refractivity contribution in [2.24, 2.45) is 11.3 Å². The molecule has 0 radical (unpaired) electrons. The molecule has 0 bridgehead atoms. The Balaban J connectivity index is 1.77. The summed E-state index contributed by atoms with van der Waals surface area (Å²) < 4.78 is 6.13. The third-order valence-corrected chi connectivity index (χ3v) is 6.38. The van der Waals surface area contributed by atoms with Gasteiger partial charge in [-0.1, -0.05) is 49.4 Å². The van der Waals surface area contributed by atoms with E-state index < -0.39 is 0 Å². The Morgan fingerprint density at radius 2 is 1.79 bits per heavy atom. The summed E-state index contributed by atoms with van der Waals surface area (Å²) >= 11 is 0. The molecule has 2 aliphatic rings. The van der Waals surface area contributed by atoms with Gasteiger partial charge in [-0.2, -0.15) is 0 Å². The Kier molecular flexibility index (Phi) is 5.06. The van der Waals surface area contributed by atoms with Crippen LogP contribution in [0.15, 0.2) is 66.8 Å². The number of rotatable bonds is 3. The van der Waals surface area contributed by atoms with E-state index in [0.29, 0.717) is 17.6 Å². The number of phenolic OH excluding ortho intramolecular Hbond substituents is 1. The van der Waals surface area contributed by atoms with Crippen molar-refractivity contribution >= 4 is 0 Å². The SMILES string of the molecule is CC(C)(C)Oc1ccc2c(c1)CC[C@H](C1(C)C=CC=CC1)[C@@H]2c1ccc(O)cc1. The third-order valence-electron chi connectivity index (χ3n) is 6.38. The molecule has 4 rings (SSSR count). The predicted octanol–water partition coefficient (Wildman–Crippen LogP) is 6.79. The van der Waals surface area contributed by atoms with Gasteiger partial charge in [-0.05, 0) is 92.3 Å². The van der Waals surface area contributed by atoms with Gasteiger partial charge in [0.2, 0.25) is 0 Å². The molecule has 0 saturated heterocycles. The Morgan fingerprint density at radius 3 is 2.45 bits per heavy atom. The molecule has 1 unspecified atom stereocenters. The third kappa shape index (κ3) is 4.12. The average molecular weight is 389 g/mol. The van der Waals surface area contributed by atoms with E-state index in [2.05, 4.69) is 82.3 Å². The highest BCUT2D eigenvalue weighted by atomic mass is 16.5. The molecule has 0 spiro atoms. The van der Waals surface area contributed by atoms with Crippen molar-refractivity contribution in [1.29, 1.82) is 0 Å². The van der Waals surface area contributed by atoms with E-state index in [9.17, 15) is 5.11 Å². The lowest BCUT2D eigenvalue weighted by Crippen LogP contribution is -2.35. The number of fused-ring (bicyclic) bond motifs is 1. The molecule has 0 heterocycles. The molecule has 3 atom stereocenters. The van der Waals surface area contributed by atoms with Crippen LogP contribution in [0.2, 0.25) is 0 Å². The summed E-state index contributed by atoms with van der Waals surface area (Å²) in [7, 11) is 0. The van der Waals surface area contributed by atoms with Gasteiger partial charge in [0, 0.05) is 5.92 Å². The Labute approximate surface area is 174 Å². The van der Waals surface area contributed by atoms with Crippen molar-refractivity contribution in [3.63, 3.8) is 0 Å². The molecule has 2 aromatic carbocycles. The average Bonchev–Trinajstić information content (AvgIpc) is 2.67. The molecular formula is C27H32O2. The Morgan fingerprint density at radius 1 is 1.03 bits per heavy atom. The largest absolute Gasteiger partial charge is 0.508 e. The first kappa shape index (κ1) is 19.8. The van der Waals surface area contributed by atoms with E-state index in [-0.39, 0.29) is 11.0 Å². The van der Waals surface area contributed by atoms with E-state index in [1.165, 1.54) is 16.7 Å². The number of benzene rings is 2. The number of aryl methyl sites for hydroxylation is 1. The van der Waals surface area contributed by atoms with Crippen LogP contribution in [0.1, 0.15) is 63.1 Å². The molecule has 0 aliphatic heterocycles. The van der Waals surface area contributed by atoms with Gasteiger partial charge < -0.3 is 9.84 Å². The summed E-state index contributed by atoms with van der Waals surface area (Å²) in [6.45, 7) is 8.66. The molecule has 0 aromatic heterocycles. The second kappa shape index (κ2) is 7.40. The Bertz CT molecular complexity index is 930. The maximum absolute atomic E-state index is 9.82. The second-order valence-electron chi connectivity index (χ2n) is 9.79. The standard InChI is InChI=1S/C27H32O2/c1-26(2,3)29-22-13-14-23-20(18-22)10-15-24(27(4)16-6-5-7-17-27)25(23)19-8-11-21(28)12-9-19/h5-9,11-14,16,18,24-25,28H,10,15,17H2,1-4H3/t24-,25+,27?/m0/s1. The molecule has 0 fully saturated rings. The minimum Gasteiger partial charge on any atom is -0.508 e. The fourth-order valence-electron chi connectivity index (χ4n) is 5.04. The van der Waals surface area contributed by atoms with Gasteiger partial charge in [0.15, 0.2) is 0 Å². The summed E-state index contributed by atoms with van der Waals surface area (Å²) in [6, 6.07) is 14.4. The number of aromatic hydroxyl groups is 1.